The predicted octanol–water partition coefficient (Wildman–Crippen LogP) is 2.92. The van der Waals surface area contributed by atoms with Gasteiger partial charge in [-0.1, -0.05) is 12.1 Å². The van der Waals surface area contributed by atoms with Crippen molar-refractivity contribution in [3.8, 4) is 0 Å². The lowest BCUT2D eigenvalue weighted by atomic mass is 10.1. The number of nitro groups is 1. The number of non-ortho nitro benzene ring substituents is 1. The fourth-order valence-corrected chi connectivity index (χ4v) is 4.26. The van der Waals surface area contributed by atoms with E-state index in [1.165, 1.54) is 23.8 Å². The van der Waals surface area contributed by atoms with Crippen LogP contribution < -0.4 is 5.56 Å². The van der Waals surface area contributed by atoms with Crippen LogP contribution in [0, 0.1) is 17.0 Å². The van der Waals surface area contributed by atoms with Gasteiger partial charge in [0.15, 0.2) is 0 Å². The molecule has 0 unspecified atom stereocenters. The molecule has 162 valence electrons. The predicted molar refractivity (Wildman–Crippen MR) is 113 cm³/mol. The van der Waals surface area contributed by atoms with Crippen LogP contribution in [0.25, 0.3) is 10.2 Å². The quantitative estimate of drug-likeness (QED) is 0.317. The maximum absolute atomic E-state index is 13.2. The molecule has 11 heteroatoms. The van der Waals surface area contributed by atoms with Crippen LogP contribution in [0.4, 0.5) is 5.69 Å². The van der Waals surface area contributed by atoms with Gasteiger partial charge in [0, 0.05) is 31.5 Å². The number of thiophene rings is 1. The van der Waals surface area contributed by atoms with Gasteiger partial charge in [-0.2, -0.15) is 0 Å². The van der Waals surface area contributed by atoms with Crippen molar-refractivity contribution >= 4 is 39.2 Å². The number of carbonyl (C=O) groups excluding carboxylic acids is 1. The molecule has 0 spiro atoms. The highest BCUT2D eigenvalue weighted by Gasteiger charge is 2.21. The highest BCUT2D eigenvalue weighted by atomic mass is 32.1. The summed E-state index contributed by atoms with van der Waals surface area (Å²) in [6.07, 6.45) is 0.656. The number of nitrogens with zero attached hydrogens (tertiary/aromatic N) is 3. The number of methoxy groups -OCH3 is 1. The van der Waals surface area contributed by atoms with Crippen molar-refractivity contribution in [2.75, 3.05) is 7.11 Å². The normalized spacial score (nSPS) is 10.9. The molecule has 0 saturated carbocycles. The molecular weight excluding hydrogens is 426 g/mol. The van der Waals surface area contributed by atoms with E-state index in [0.717, 1.165) is 11.3 Å². The number of aromatic carboxylic acids is 1. The Balaban J connectivity index is 2.06. The average molecular weight is 445 g/mol. The average Bonchev–Trinajstić information content (AvgIpc) is 3.07. The molecule has 3 rings (SSSR count). The number of hydrogen-bond acceptors (Lipinski definition) is 8. The first-order valence-corrected chi connectivity index (χ1v) is 10.1. The Labute approximate surface area is 179 Å². The first kappa shape index (κ1) is 22.1. The molecule has 0 saturated heterocycles. The minimum atomic E-state index is -1.13. The van der Waals surface area contributed by atoms with E-state index < -0.39 is 16.9 Å². The first-order chi connectivity index (χ1) is 14.7. The van der Waals surface area contributed by atoms with Crippen molar-refractivity contribution in [1.82, 2.24) is 9.55 Å². The maximum Gasteiger partial charge on any atom is 0.346 e. The molecule has 2 heterocycles. The molecule has 0 amide bonds. The Morgan fingerprint density at radius 1 is 1.29 bits per heavy atom. The van der Waals surface area contributed by atoms with E-state index >= 15 is 0 Å². The number of carbonyl (C=O) groups is 2. The summed E-state index contributed by atoms with van der Waals surface area (Å²) in [5.41, 5.74) is 0.620. The fourth-order valence-electron chi connectivity index (χ4n) is 3.23. The number of carboxylic acid groups (broad SMARTS) is 1. The highest BCUT2D eigenvalue weighted by molar-refractivity contribution is 7.20. The van der Waals surface area contributed by atoms with Crippen LogP contribution in [0.2, 0.25) is 0 Å². The smallest absolute Gasteiger partial charge is 0.346 e. The van der Waals surface area contributed by atoms with E-state index in [4.69, 9.17) is 0 Å². The monoisotopic (exact) mass is 445 g/mol. The summed E-state index contributed by atoms with van der Waals surface area (Å²) < 4.78 is 6.06. The number of hydrogen-bond donors (Lipinski definition) is 1. The number of carboxylic acids is 1. The number of ether oxygens (including phenoxy) is 1. The van der Waals surface area contributed by atoms with Gasteiger partial charge in [0.25, 0.3) is 11.2 Å². The zero-order chi connectivity index (χ0) is 22.7. The van der Waals surface area contributed by atoms with Crippen molar-refractivity contribution in [2.45, 2.75) is 32.7 Å². The molecule has 1 aromatic carbocycles. The molecule has 3 aromatic rings. The lowest BCUT2D eigenvalue weighted by Gasteiger charge is -2.12. The molecule has 2 aromatic heterocycles. The summed E-state index contributed by atoms with van der Waals surface area (Å²) in [4.78, 5) is 51.4. The SMILES string of the molecule is COC(=O)CCCn1c(Cc2ccc([N+](=O)[O-])cc2)nc2sc(C(=O)O)c(C)c2c1=O. The summed E-state index contributed by atoms with van der Waals surface area (Å²) in [6, 6.07) is 5.89. The molecule has 0 aliphatic rings. The van der Waals surface area contributed by atoms with Gasteiger partial charge < -0.3 is 9.84 Å². The van der Waals surface area contributed by atoms with E-state index in [1.54, 1.807) is 19.1 Å². The number of esters is 1. The molecule has 0 aliphatic carbocycles. The van der Waals surface area contributed by atoms with Gasteiger partial charge in [-0.15, -0.1) is 11.3 Å². The number of aromatic nitrogens is 2. The number of benzene rings is 1. The largest absolute Gasteiger partial charge is 0.477 e. The lowest BCUT2D eigenvalue weighted by Crippen LogP contribution is -2.26. The van der Waals surface area contributed by atoms with E-state index in [2.05, 4.69) is 9.72 Å². The van der Waals surface area contributed by atoms with Gasteiger partial charge in [0.05, 0.1) is 17.4 Å². The second-order valence-electron chi connectivity index (χ2n) is 6.81. The van der Waals surface area contributed by atoms with Crippen LogP contribution in [0.1, 0.15) is 39.5 Å². The molecule has 0 aliphatic heterocycles. The van der Waals surface area contributed by atoms with Crippen LogP contribution in [0.15, 0.2) is 29.1 Å². The van der Waals surface area contributed by atoms with Crippen LogP contribution in [-0.2, 0) is 22.5 Å². The third-order valence-electron chi connectivity index (χ3n) is 4.82. The topological polar surface area (TPSA) is 142 Å². The number of fused-ring (bicyclic) bond motifs is 1. The van der Waals surface area contributed by atoms with Gasteiger partial charge >= 0.3 is 11.9 Å². The summed E-state index contributed by atoms with van der Waals surface area (Å²) in [5.74, 6) is -1.15. The van der Waals surface area contributed by atoms with Gasteiger partial charge in [-0.25, -0.2) is 9.78 Å². The van der Waals surface area contributed by atoms with E-state index in [1.807, 2.05) is 0 Å². The minimum absolute atomic E-state index is 0.0493. The Hall–Kier alpha value is -3.60. The van der Waals surface area contributed by atoms with Crippen molar-refractivity contribution in [3.63, 3.8) is 0 Å². The fraction of sp³-hybridized carbons (Fsp3) is 0.300. The molecule has 31 heavy (non-hydrogen) atoms. The van der Waals surface area contributed by atoms with Crippen LogP contribution in [-0.4, -0.2) is 38.6 Å². The number of aryl methyl sites for hydroxylation is 1. The molecule has 10 nitrogen and oxygen atoms in total. The summed E-state index contributed by atoms with van der Waals surface area (Å²) >= 11 is 0.931. The van der Waals surface area contributed by atoms with Gasteiger partial charge in [0.1, 0.15) is 15.5 Å². The second kappa shape index (κ2) is 9.04. The van der Waals surface area contributed by atoms with Crippen molar-refractivity contribution in [3.05, 3.63) is 66.6 Å². The third-order valence-corrected chi connectivity index (χ3v) is 6.00. The second-order valence-corrected chi connectivity index (χ2v) is 7.81. The minimum Gasteiger partial charge on any atom is -0.477 e. The third kappa shape index (κ3) is 4.61. The molecule has 0 atom stereocenters. The van der Waals surface area contributed by atoms with Crippen LogP contribution >= 0.6 is 11.3 Å². The Morgan fingerprint density at radius 2 is 1.97 bits per heavy atom. The number of rotatable bonds is 8. The summed E-state index contributed by atoms with van der Waals surface area (Å²) in [7, 11) is 1.28. The summed E-state index contributed by atoms with van der Waals surface area (Å²) in [6.45, 7) is 1.76. The molecule has 0 radical (unpaired) electrons. The van der Waals surface area contributed by atoms with E-state index in [0.29, 0.717) is 28.2 Å². The summed E-state index contributed by atoms with van der Waals surface area (Å²) in [5, 5.41) is 20.5. The van der Waals surface area contributed by atoms with Crippen LogP contribution in [0.3, 0.4) is 0 Å². The number of nitro benzene ring substituents is 1. The Bertz CT molecular complexity index is 1230. The van der Waals surface area contributed by atoms with Crippen LogP contribution in [0.5, 0.6) is 0 Å². The lowest BCUT2D eigenvalue weighted by molar-refractivity contribution is -0.384. The van der Waals surface area contributed by atoms with Crippen molar-refractivity contribution in [1.29, 1.82) is 0 Å². The molecule has 1 N–H and O–H groups in total. The van der Waals surface area contributed by atoms with Crippen molar-refractivity contribution < 1.29 is 24.4 Å². The standard InChI is InChI=1S/C20H19N3O7S/c1-11-16-18(31-17(11)20(26)27)21-14(10-12-5-7-13(8-6-12)23(28)29)22(19(16)25)9-3-4-15(24)30-2/h5-8H,3-4,9-10H2,1-2H3,(H,26,27). The molecule has 0 bridgehead atoms. The zero-order valence-electron chi connectivity index (χ0n) is 16.8. The first-order valence-electron chi connectivity index (χ1n) is 9.29. The van der Waals surface area contributed by atoms with Crippen molar-refractivity contribution in [2.24, 2.45) is 0 Å². The molecular formula is C20H19N3O7S. The van der Waals surface area contributed by atoms with E-state index in [-0.39, 0.29) is 40.9 Å². The van der Waals surface area contributed by atoms with E-state index in [9.17, 15) is 29.6 Å². The zero-order valence-corrected chi connectivity index (χ0v) is 17.6. The Kier molecular flexibility index (Phi) is 6.44. The van der Waals surface area contributed by atoms with Gasteiger partial charge in [0.2, 0.25) is 0 Å². The maximum atomic E-state index is 13.2. The molecule has 0 fully saturated rings. The van der Waals surface area contributed by atoms with Gasteiger partial charge in [-0.3, -0.25) is 24.3 Å². The Morgan fingerprint density at radius 3 is 2.55 bits per heavy atom. The highest BCUT2D eigenvalue weighted by Crippen LogP contribution is 2.28. The van der Waals surface area contributed by atoms with Gasteiger partial charge in [-0.05, 0) is 24.5 Å².